The molecule has 0 saturated carbocycles. The molecule has 2 aromatic rings. The fourth-order valence-electron chi connectivity index (χ4n) is 1.36. The molecule has 2 rings (SSSR count). The van der Waals surface area contributed by atoms with Crippen molar-refractivity contribution in [3.05, 3.63) is 65.7 Å². The van der Waals surface area contributed by atoms with Gasteiger partial charge in [-0.25, -0.2) is 0 Å². The monoisotopic (exact) mass is 197 g/mol. The van der Waals surface area contributed by atoms with Crippen molar-refractivity contribution in [2.45, 2.75) is 0 Å². The predicted molar refractivity (Wildman–Crippen MR) is 56.4 cm³/mol. The van der Waals surface area contributed by atoms with Gasteiger partial charge in [-0.15, -0.1) is 0 Å². The van der Waals surface area contributed by atoms with E-state index in [1.807, 2.05) is 18.2 Å². The van der Waals surface area contributed by atoms with E-state index in [2.05, 4.69) is 0 Å². The van der Waals surface area contributed by atoms with Crippen LogP contribution < -0.4 is 0 Å². The van der Waals surface area contributed by atoms with Crippen molar-refractivity contribution >= 4 is 5.78 Å². The zero-order chi connectivity index (χ0) is 10.7. The molecule has 1 radical (unpaired) electrons. The molecule has 0 aliphatic heterocycles. The molecule has 0 aliphatic rings. The Hall–Kier alpha value is -2.09. The molecule has 73 valence electrons. The molecular formula is C13H9O2. The zero-order valence-electron chi connectivity index (χ0n) is 8.01. The second-order valence-electron chi connectivity index (χ2n) is 3.22. The highest BCUT2D eigenvalue weighted by atomic mass is 16.3. The van der Waals surface area contributed by atoms with Crippen LogP contribution in [-0.4, -0.2) is 5.78 Å². The summed E-state index contributed by atoms with van der Waals surface area (Å²) in [6.45, 7) is 0. The highest BCUT2D eigenvalue weighted by Crippen LogP contribution is 2.14. The lowest BCUT2D eigenvalue weighted by molar-refractivity contribution is 0.103. The second kappa shape index (κ2) is 3.96. The van der Waals surface area contributed by atoms with Gasteiger partial charge in [-0.05, 0) is 24.3 Å². The van der Waals surface area contributed by atoms with Gasteiger partial charge < -0.3 is 0 Å². The molecular weight excluding hydrogens is 188 g/mol. The molecule has 0 fully saturated rings. The van der Waals surface area contributed by atoms with Crippen molar-refractivity contribution in [3.8, 4) is 5.75 Å². The van der Waals surface area contributed by atoms with Crippen LogP contribution >= 0.6 is 0 Å². The van der Waals surface area contributed by atoms with Gasteiger partial charge in [0, 0.05) is 11.1 Å². The van der Waals surface area contributed by atoms with Gasteiger partial charge in [0.05, 0.1) is 0 Å². The van der Waals surface area contributed by atoms with Crippen molar-refractivity contribution in [1.29, 1.82) is 0 Å². The minimum atomic E-state index is -0.0837. The lowest BCUT2D eigenvalue weighted by Gasteiger charge is -1.99. The molecule has 0 spiro atoms. The van der Waals surface area contributed by atoms with Crippen LogP contribution in [0.4, 0.5) is 0 Å². The van der Waals surface area contributed by atoms with Crippen molar-refractivity contribution < 1.29 is 9.90 Å². The molecule has 0 atom stereocenters. The smallest absolute Gasteiger partial charge is 0.193 e. The molecule has 2 heteroatoms. The number of carbonyl (C=O) groups excluding carboxylic acids is 1. The van der Waals surface area contributed by atoms with Gasteiger partial charge in [-0.2, -0.15) is 0 Å². The van der Waals surface area contributed by atoms with Gasteiger partial charge in [0.25, 0.3) is 0 Å². The summed E-state index contributed by atoms with van der Waals surface area (Å²) in [6.07, 6.45) is 0. The summed E-state index contributed by atoms with van der Waals surface area (Å²) in [5.74, 6) is -0.143. The van der Waals surface area contributed by atoms with Crippen LogP contribution in [0.5, 0.6) is 5.75 Å². The van der Waals surface area contributed by atoms with Gasteiger partial charge >= 0.3 is 0 Å². The standard InChI is InChI=1S/C13H9O2/c14-12-8-6-11(7-9-12)13(15)10-4-2-1-3-5-10/h1-9H. The van der Waals surface area contributed by atoms with Gasteiger partial charge in [-0.1, -0.05) is 30.3 Å². The quantitative estimate of drug-likeness (QED) is 0.681. The summed E-state index contributed by atoms with van der Waals surface area (Å²) < 4.78 is 0. The third kappa shape index (κ3) is 2.05. The Morgan fingerprint density at radius 3 is 1.87 bits per heavy atom. The molecule has 0 bridgehead atoms. The zero-order valence-corrected chi connectivity index (χ0v) is 8.01. The van der Waals surface area contributed by atoms with Crippen LogP contribution in [0.3, 0.4) is 0 Å². The highest BCUT2D eigenvalue weighted by Gasteiger charge is 2.07. The first kappa shape index (κ1) is 9.46. The number of hydrogen-bond acceptors (Lipinski definition) is 1. The van der Waals surface area contributed by atoms with Crippen LogP contribution in [0.2, 0.25) is 0 Å². The Balaban J connectivity index is 2.33. The van der Waals surface area contributed by atoms with E-state index in [4.69, 9.17) is 0 Å². The maximum atomic E-state index is 11.9. The van der Waals surface area contributed by atoms with Crippen LogP contribution in [-0.2, 0) is 5.11 Å². The molecule has 2 aromatic carbocycles. The summed E-state index contributed by atoms with van der Waals surface area (Å²) in [5.41, 5.74) is 1.18. The maximum Gasteiger partial charge on any atom is 0.193 e. The largest absolute Gasteiger partial charge is 0.290 e. The number of benzene rings is 2. The highest BCUT2D eigenvalue weighted by molar-refractivity contribution is 6.08. The van der Waals surface area contributed by atoms with Crippen molar-refractivity contribution in [1.82, 2.24) is 0 Å². The van der Waals surface area contributed by atoms with E-state index >= 15 is 0 Å². The molecule has 0 saturated heterocycles. The number of hydrogen-bond donors (Lipinski definition) is 0. The SMILES string of the molecule is [O]c1ccc(C(=O)c2ccccc2)cc1. The molecule has 0 aliphatic carbocycles. The summed E-state index contributed by atoms with van der Waals surface area (Å²) in [5, 5.41) is 10.9. The summed E-state index contributed by atoms with van der Waals surface area (Å²) in [6, 6.07) is 14.9. The average Bonchev–Trinajstić information content (AvgIpc) is 2.30. The van der Waals surface area contributed by atoms with Crippen molar-refractivity contribution in [2.24, 2.45) is 0 Å². The Labute approximate surface area is 87.8 Å². The van der Waals surface area contributed by atoms with Gasteiger partial charge in [-0.3, -0.25) is 9.90 Å². The molecule has 0 amide bonds. The van der Waals surface area contributed by atoms with E-state index in [1.165, 1.54) is 12.1 Å². The average molecular weight is 197 g/mol. The van der Waals surface area contributed by atoms with E-state index in [0.29, 0.717) is 11.1 Å². The topological polar surface area (TPSA) is 37.0 Å². The lowest BCUT2D eigenvalue weighted by Crippen LogP contribution is -1.99. The van der Waals surface area contributed by atoms with E-state index < -0.39 is 0 Å². The maximum absolute atomic E-state index is 11.9. The molecule has 0 heterocycles. The molecule has 0 N–H and O–H groups in total. The Kier molecular flexibility index (Phi) is 2.50. The van der Waals surface area contributed by atoms with E-state index in [-0.39, 0.29) is 11.5 Å². The van der Waals surface area contributed by atoms with Gasteiger partial charge in [0.2, 0.25) is 0 Å². The third-order valence-corrected chi connectivity index (χ3v) is 2.15. The van der Waals surface area contributed by atoms with Crippen LogP contribution in [0.15, 0.2) is 54.6 Å². The van der Waals surface area contributed by atoms with Crippen molar-refractivity contribution in [2.75, 3.05) is 0 Å². The molecule has 15 heavy (non-hydrogen) atoms. The molecule has 0 aromatic heterocycles. The van der Waals surface area contributed by atoms with Crippen LogP contribution in [0, 0.1) is 0 Å². The van der Waals surface area contributed by atoms with Gasteiger partial charge in [0.15, 0.2) is 11.5 Å². The predicted octanol–water partition coefficient (Wildman–Crippen LogP) is 3.06. The Bertz CT molecular complexity index is 458. The minimum Gasteiger partial charge on any atom is -0.290 e. The number of carbonyl (C=O) groups is 1. The summed E-state index contributed by atoms with van der Waals surface area (Å²) >= 11 is 0. The number of rotatable bonds is 2. The number of ketones is 1. The first-order valence-corrected chi connectivity index (χ1v) is 4.64. The first-order chi connectivity index (χ1) is 7.27. The van der Waals surface area contributed by atoms with E-state index in [9.17, 15) is 9.90 Å². The molecule has 2 nitrogen and oxygen atoms in total. The van der Waals surface area contributed by atoms with E-state index in [0.717, 1.165) is 0 Å². The van der Waals surface area contributed by atoms with Crippen molar-refractivity contribution in [3.63, 3.8) is 0 Å². The fraction of sp³-hybridized carbons (Fsp3) is 0. The Morgan fingerprint density at radius 2 is 1.27 bits per heavy atom. The second-order valence-corrected chi connectivity index (χ2v) is 3.22. The lowest BCUT2D eigenvalue weighted by atomic mass is 10.0. The first-order valence-electron chi connectivity index (χ1n) is 4.64. The summed E-state index contributed by atoms with van der Waals surface area (Å²) in [7, 11) is 0. The Morgan fingerprint density at radius 1 is 0.733 bits per heavy atom. The summed E-state index contributed by atoms with van der Waals surface area (Å²) in [4.78, 5) is 11.9. The molecule has 0 unspecified atom stereocenters. The van der Waals surface area contributed by atoms with Gasteiger partial charge in [0.1, 0.15) is 0 Å². The van der Waals surface area contributed by atoms with E-state index in [1.54, 1.807) is 24.3 Å². The normalized spacial score (nSPS) is 9.87. The fourth-order valence-corrected chi connectivity index (χ4v) is 1.36. The van der Waals surface area contributed by atoms with Crippen LogP contribution in [0.25, 0.3) is 0 Å². The van der Waals surface area contributed by atoms with Crippen LogP contribution in [0.1, 0.15) is 15.9 Å². The third-order valence-electron chi connectivity index (χ3n) is 2.15. The minimum absolute atomic E-state index is 0.0596.